The number of nitrogens with one attached hydrogen (secondary N) is 2. The molecule has 0 atom stereocenters. The molecule has 0 aliphatic rings. The highest BCUT2D eigenvalue weighted by Crippen LogP contribution is 2.25. The molecule has 0 fully saturated rings. The average Bonchev–Trinajstić information content (AvgIpc) is 2.74. The Hall–Kier alpha value is -3.80. The molecular weight excluding hydrogens is 368 g/mol. The Morgan fingerprint density at radius 2 is 1.31 bits per heavy atom. The summed E-state index contributed by atoms with van der Waals surface area (Å²) in [6.45, 7) is 1.89. The summed E-state index contributed by atoms with van der Waals surface area (Å²) in [6.07, 6.45) is 0. The molecule has 0 saturated carbocycles. The average molecular weight is 390 g/mol. The summed E-state index contributed by atoms with van der Waals surface area (Å²) < 4.78 is 10.4. The van der Waals surface area contributed by atoms with Crippen molar-refractivity contribution < 1.29 is 19.1 Å². The van der Waals surface area contributed by atoms with Crippen LogP contribution in [0.15, 0.2) is 66.7 Å². The van der Waals surface area contributed by atoms with Crippen LogP contribution in [0.4, 0.5) is 11.4 Å². The highest BCUT2D eigenvalue weighted by molar-refractivity contribution is 6.07. The molecule has 3 aromatic rings. The Labute approximate surface area is 169 Å². The van der Waals surface area contributed by atoms with Crippen LogP contribution in [0.5, 0.6) is 11.5 Å². The van der Waals surface area contributed by atoms with Crippen molar-refractivity contribution in [1.82, 2.24) is 0 Å². The van der Waals surface area contributed by atoms with Crippen molar-refractivity contribution in [3.8, 4) is 11.5 Å². The number of hydrogen-bond acceptors (Lipinski definition) is 4. The predicted molar refractivity (Wildman–Crippen MR) is 113 cm³/mol. The molecule has 3 rings (SSSR count). The van der Waals surface area contributed by atoms with Gasteiger partial charge in [0.1, 0.15) is 11.5 Å². The van der Waals surface area contributed by atoms with Crippen LogP contribution in [0.2, 0.25) is 0 Å². The van der Waals surface area contributed by atoms with Crippen molar-refractivity contribution in [1.29, 1.82) is 0 Å². The molecule has 0 heterocycles. The van der Waals surface area contributed by atoms with E-state index in [1.807, 2.05) is 25.1 Å². The molecule has 29 heavy (non-hydrogen) atoms. The van der Waals surface area contributed by atoms with E-state index in [4.69, 9.17) is 9.47 Å². The van der Waals surface area contributed by atoms with Gasteiger partial charge in [-0.05, 0) is 55.0 Å². The van der Waals surface area contributed by atoms with Crippen LogP contribution in [-0.4, -0.2) is 26.0 Å². The third-order valence-corrected chi connectivity index (χ3v) is 4.44. The van der Waals surface area contributed by atoms with Gasteiger partial charge in [-0.25, -0.2) is 0 Å². The smallest absolute Gasteiger partial charge is 0.259 e. The SMILES string of the molecule is COc1ccc(C(=O)Nc2ccc(NC(=O)c3ccccc3C)cc2)c(OC)c1. The lowest BCUT2D eigenvalue weighted by atomic mass is 10.1. The number of hydrogen-bond donors (Lipinski definition) is 2. The van der Waals surface area contributed by atoms with Crippen molar-refractivity contribution in [2.75, 3.05) is 24.9 Å². The lowest BCUT2D eigenvalue weighted by molar-refractivity contribution is 0.101. The van der Waals surface area contributed by atoms with Crippen LogP contribution >= 0.6 is 0 Å². The maximum atomic E-state index is 12.6. The molecule has 0 bridgehead atoms. The molecule has 0 radical (unpaired) electrons. The molecule has 6 nitrogen and oxygen atoms in total. The van der Waals surface area contributed by atoms with E-state index in [0.29, 0.717) is 34.0 Å². The topological polar surface area (TPSA) is 76.7 Å². The maximum absolute atomic E-state index is 12.6. The van der Waals surface area contributed by atoms with E-state index in [-0.39, 0.29) is 11.8 Å². The molecule has 2 N–H and O–H groups in total. The van der Waals surface area contributed by atoms with Gasteiger partial charge in [0.05, 0.1) is 19.8 Å². The fourth-order valence-corrected chi connectivity index (χ4v) is 2.85. The van der Waals surface area contributed by atoms with E-state index < -0.39 is 0 Å². The summed E-state index contributed by atoms with van der Waals surface area (Å²) in [5.74, 6) is 0.542. The number of carbonyl (C=O) groups is 2. The van der Waals surface area contributed by atoms with Gasteiger partial charge >= 0.3 is 0 Å². The summed E-state index contributed by atoms with van der Waals surface area (Å²) in [7, 11) is 3.05. The summed E-state index contributed by atoms with van der Waals surface area (Å²) in [4.78, 5) is 25.0. The molecule has 6 heteroatoms. The van der Waals surface area contributed by atoms with Crippen molar-refractivity contribution >= 4 is 23.2 Å². The van der Waals surface area contributed by atoms with Gasteiger partial charge < -0.3 is 20.1 Å². The van der Waals surface area contributed by atoms with E-state index in [9.17, 15) is 9.59 Å². The minimum absolute atomic E-state index is 0.178. The molecule has 0 aliphatic heterocycles. The second-order valence-electron chi connectivity index (χ2n) is 6.37. The Bertz CT molecular complexity index is 1030. The van der Waals surface area contributed by atoms with Gasteiger partial charge in [0, 0.05) is 23.0 Å². The Morgan fingerprint density at radius 3 is 1.86 bits per heavy atom. The standard InChI is InChI=1S/C23H22N2O4/c1-15-6-4-5-7-19(15)22(26)24-16-8-10-17(11-9-16)25-23(27)20-13-12-18(28-2)14-21(20)29-3/h4-14H,1-3H3,(H,24,26)(H,25,27). The van der Waals surface area contributed by atoms with Crippen molar-refractivity contribution in [2.24, 2.45) is 0 Å². The van der Waals surface area contributed by atoms with Crippen molar-refractivity contribution in [3.05, 3.63) is 83.4 Å². The zero-order valence-corrected chi connectivity index (χ0v) is 16.5. The first-order valence-electron chi connectivity index (χ1n) is 9.02. The number of anilines is 2. The van der Waals surface area contributed by atoms with Gasteiger partial charge in [-0.2, -0.15) is 0 Å². The van der Waals surface area contributed by atoms with Crippen LogP contribution in [0, 0.1) is 6.92 Å². The molecule has 148 valence electrons. The van der Waals surface area contributed by atoms with Crippen LogP contribution in [0.1, 0.15) is 26.3 Å². The summed E-state index contributed by atoms with van der Waals surface area (Å²) in [5, 5.41) is 5.68. The number of benzene rings is 3. The van der Waals surface area contributed by atoms with E-state index in [0.717, 1.165) is 5.56 Å². The number of methoxy groups -OCH3 is 2. The minimum atomic E-state index is -0.304. The molecule has 0 saturated heterocycles. The van der Waals surface area contributed by atoms with Gasteiger partial charge in [0.2, 0.25) is 0 Å². The fourth-order valence-electron chi connectivity index (χ4n) is 2.85. The molecule has 2 amide bonds. The predicted octanol–water partition coefficient (Wildman–Crippen LogP) is 4.52. The van der Waals surface area contributed by atoms with E-state index >= 15 is 0 Å². The van der Waals surface area contributed by atoms with Crippen molar-refractivity contribution in [2.45, 2.75) is 6.92 Å². The lowest BCUT2D eigenvalue weighted by Crippen LogP contribution is -2.14. The Balaban J connectivity index is 1.68. The van der Waals surface area contributed by atoms with Crippen LogP contribution in [0.3, 0.4) is 0 Å². The summed E-state index contributed by atoms with van der Waals surface area (Å²) >= 11 is 0. The fraction of sp³-hybridized carbons (Fsp3) is 0.130. The number of rotatable bonds is 6. The number of ether oxygens (including phenoxy) is 2. The van der Waals surface area contributed by atoms with Gasteiger partial charge in [0.25, 0.3) is 11.8 Å². The zero-order chi connectivity index (χ0) is 20.8. The summed E-state index contributed by atoms with van der Waals surface area (Å²) in [5.41, 5.74) is 3.16. The molecule has 0 aliphatic carbocycles. The van der Waals surface area contributed by atoms with Crippen LogP contribution in [-0.2, 0) is 0 Å². The van der Waals surface area contributed by atoms with Crippen LogP contribution < -0.4 is 20.1 Å². The second-order valence-corrected chi connectivity index (χ2v) is 6.37. The van der Waals surface area contributed by atoms with E-state index in [1.54, 1.807) is 55.6 Å². The van der Waals surface area contributed by atoms with Gasteiger partial charge in [0.15, 0.2) is 0 Å². The first-order chi connectivity index (χ1) is 14.0. The molecular formula is C23H22N2O4. The molecule has 0 aromatic heterocycles. The Kier molecular flexibility index (Phi) is 6.14. The van der Waals surface area contributed by atoms with Gasteiger partial charge in [-0.3, -0.25) is 9.59 Å². The third-order valence-electron chi connectivity index (χ3n) is 4.44. The normalized spacial score (nSPS) is 10.2. The quantitative estimate of drug-likeness (QED) is 0.649. The number of carbonyl (C=O) groups excluding carboxylic acids is 2. The summed E-state index contributed by atoms with van der Waals surface area (Å²) in [6, 6.07) is 19.3. The largest absolute Gasteiger partial charge is 0.497 e. The Morgan fingerprint density at radius 1 is 0.724 bits per heavy atom. The maximum Gasteiger partial charge on any atom is 0.259 e. The monoisotopic (exact) mass is 390 g/mol. The molecule has 0 spiro atoms. The molecule has 3 aromatic carbocycles. The van der Waals surface area contributed by atoms with Crippen molar-refractivity contribution in [3.63, 3.8) is 0 Å². The third kappa shape index (κ3) is 4.73. The second kappa shape index (κ2) is 8.93. The van der Waals surface area contributed by atoms with Gasteiger partial charge in [-0.15, -0.1) is 0 Å². The number of amides is 2. The van der Waals surface area contributed by atoms with Gasteiger partial charge in [-0.1, -0.05) is 18.2 Å². The first-order valence-corrected chi connectivity index (χ1v) is 9.02. The number of aryl methyl sites for hydroxylation is 1. The highest BCUT2D eigenvalue weighted by atomic mass is 16.5. The van der Waals surface area contributed by atoms with E-state index in [2.05, 4.69) is 10.6 Å². The van der Waals surface area contributed by atoms with Crippen LogP contribution in [0.25, 0.3) is 0 Å². The molecule has 0 unspecified atom stereocenters. The lowest BCUT2D eigenvalue weighted by Gasteiger charge is -2.12. The zero-order valence-electron chi connectivity index (χ0n) is 16.5. The van der Waals surface area contributed by atoms with E-state index in [1.165, 1.54) is 7.11 Å². The first kappa shape index (κ1) is 19.9. The minimum Gasteiger partial charge on any atom is -0.497 e. The highest BCUT2D eigenvalue weighted by Gasteiger charge is 2.14.